The van der Waals surface area contributed by atoms with Crippen molar-refractivity contribution in [1.29, 1.82) is 0 Å². The number of nitrogens with one attached hydrogen (secondary N) is 2. The molecule has 0 spiro atoms. The molecule has 5 heteroatoms. The van der Waals surface area contributed by atoms with E-state index in [9.17, 15) is 14.0 Å². The van der Waals surface area contributed by atoms with Crippen molar-refractivity contribution in [3.05, 3.63) is 30.1 Å². The smallest absolute Gasteiger partial charge is 0.228 e. The van der Waals surface area contributed by atoms with E-state index in [4.69, 9.17) is 0 Å². The molecule has 3 rings (SSSR count). The molecule has 2 amide bonds. The molecular weight excluding hydrogens is 247 g/mol. The molecule has 0 aromatic heterocycles. The number of amides is 2. The largest absolute Gasteiger partial charge is 0.353 e. The van der Waals surface area contributed by atoms with Crippen molar-refractivity contribution in [3.63, 3.8) is 0 Å². The van der Waals surface area contributed by atoms with Crippen molar-refractivity contribution < 1.29 is 14.0 Å². The summed E-state index contributed by atoms with van der Waals surface area (Å²) in [5.41, 5.74) is 0.555. The Kier molecular flexibility index (Phi) is 2.97. The SMILES string of the molecule is O=C(Nc1ccc(F)cc1)C1CC1C(=O)NC1CC1. The van der Waals surface area contributed by atoms with Gasteiger partial charge in [0.2, 0.25) is 11.8 Å². The van der Waals surface area contributed by atoms with E-state index in [1.165, 1.54) is 24.3 Å². The topological polar surface area (TPSA) is 58.2 Å². The molecule has 2 N–H and O–H groups in total. The fourth-order valence-electron chi connectivity index (χ4n) is 2.08. The van der Waals surface area contributed by atoms with Crippen LogP contribution in [0.2, 0.25) is 0 Å². The van der Waals surface area contributed by atoms with Gasteiger partial charge in [0.25, 0.3) is 0 Å². The molecule has 4 nitrogen and oxygen atoms in total. The summed E-state index contributed by atoms with van der Waals surface area (Å²) >= 11 is 0. The number of carbonyl (C=O) groups excluding carboxylic acids is 2. The van der Waals surface area contributed by atoms with Gasteiger partial charge in [-0.25, -0.2) is 4.39 Å². The van der Waals surface area contributed by atoms with Gasteiger partial charge < -0.3 is 10.6 Å². The molecule has 2 fully saturated rings. The maximum Gasteiger partial charge on any atom is 0.228 e. The molecule has 100 valence electrons. The van der Waals surface area contributed by atoms with Crippen molar-refractivity contribution >= 4 is 17.5 Å². The maximum atomic E-state index is 12.7. The first-order valence-corrected chi connectivity index (χ1v) is 6.50. The van der Waals surface area contributed by atoms with Gasteiger partial charge in [-0.05, 0) is 43.5 Å². The fourth-order valence-corrected chi connectivity index (χ4v) is 2.08. The lowest BCUT2D eigenvalue weighted by Crippen LogP contribution is -2.29. The summed E-state index contributed by atoms with van der Waals surface area (Å²) in [6, 6.07) is 5.93. The lowest BCUT2D eigenvalue weighted by atomic mass is 10.2. The maximum absolute atomic E-state index is 12.7. The monoisotopic (exact) mass is 262 g/mol. The third-order valence-corrected chi connectivity index (χ3v) is 3.50. The highest BCUT2D eigenvalue weighted by atomic mass is 19.1. The first-order chi connectivity index (χ1) is 9.13. The van der Waals surface area contributed by atoms with Crippen LogP contribution in [0.15, 0.2) is 24.3 Å². The molecule has 1 aromatic carbocycles. The second kappa shape index (κ2) is 4.64. The van der Waals surface area contributed by atoms with Gasteiger partial charge in [0.1, 0.15) is 5.82 Å². The summed E-state index contributed by atoms with van der Waals surface area (Å²) in [4.78, 5) is 23.6. The molecule has 2 unspecified atom stereocenters. The summed E-state index contributed by atoms with van der Waals surface area (Å²) in [6.07, 6.45) is 2.70. The highest BCUT2D eigenvalue weighted by Gasteiger charge is 2.48. The summed E-state index contributed by atoms with van der Waals surface area (Å²) in [6.45, 7) is 0. The van der Waals surface area contributed by atoms with Crippen LogP contribution in [0.4, 0.5) is 10.1 Å². The van der Waals surface area contributed by atoms with Gasteiger partial charge in [-0.2, -0.15) is 0 Å². The van der Waals surface area contributed by atoms with Crippen molar-refractivity contribution in [2.75, 3.05) is 5.32 Å². The highest BCUT2D eigenvalue weighted by Crippen LogP contribution is 2.40. The van der Waals surface area contributed by atoms with Crippen LogP contribution in [0.5, 0.6) is 0 Å². The third-order valence-electron chi connectivity index (χ3n) is 3.50. The van der Waals surface area contributed by atoms with Gasteiger partial charge in [0.15, 0.2) is 0 Å². The Labute approximate surface area is 110 Å². The van der Waals surface area contributed by atoms with E-state index >= 15 is 0 Å². The number of hydrogen-bond acceptors (Lipinski definition) is 2. The number of carbonyl (C=O) groups is 2. The Balaban J connectivity index is 1.51. The lowest BCUT2D eigenvalue weighted by molar-refractivity contribution is -0.125. The van der Waals surface area contributed by atoms with E-state index in [1.54, 1.807) is 0 Å². The van der Waals surface area contributed by atoms with E-state index in [2.05, 4.69) is 10.6 Å². The third kappa shape index (κ3) is 2.92. The summed E-state index contributed by atoms with van der Waals surface area (Å²) < 4.78 is 12.7. The van der Waals surface area contributed by atoms with Crippen LogP contribution in [-0.4, -0.2) is 17.9 Å². The van der Waals surface area contributed by atoms with Crippen LogP contribution in [-0.2, 0) is 9.59 Å². The molecule has 2 atom stereocenters. The van der Waals surface area contributed by atoms with Crippen LogP contribution < -0.4 is 10.6 Å². The minimum atomic E-state index is -0.342. The summed E-state index contributed by atoms with van der Waals surface area (Å²) in [7, 11) is 0. The number of rotatable bonds is 4. The van der Waals surface area contributed by atoms with E-state index in [1.807, 2.05) is 0 Å². The zero-order valence-electron chi connectivity index (χ0n) is 10.4. The van der Waals surface area contributed by atoms with Crippen molar-refractivity contribution in [1.82, 2.24) is 5.32 Å². The zero-order valence-corrected chi connectivity index (χ0v) is 10.4. The van der Waals surface area contributed by atoms with Crippen LogP contribution in [0.3, 0.4) is 0 Å². The molecule has 0 radical (unpaired) electrons. The van der Waals surface area contributed by atoms with Crippen LogP contribution in [0.1, 0.15) is 19.3 Å². The Morgan fingerprint density at radius 2 is 1.68 bits per heavy atom. The molecule has 2 saturated carbocycles. The van der Waals surface area contributed by atoms with Gasteiger partial charge in [0, 0.05) is 11.7 Å². The predicted molar refractivity (Wildman–Crippen MR) is 67.8 cm³/mol. The average Bonchev–Trinajstić information content (AvgIpc) is 3.25. The van der Waals surface area contributed by atoms with E-state index < -0.39 is 0 Å². The molecule has 0 saturated heterocycles. The van der Waals surface area contributed by atoms with Gasteiger partial charge >= 0.3 is 0 Å². The molecule has 2 aliphatic rings. The van der Waals surface area contributed by atoms with Crippen LogP contribution in [0, 0.1) is 17.7 Å². The Morgan fingerprint density at radius 1 is 1.05 bits per heavy atom. The number of hydrogen-bond donors (Lipinski definition) is 2. The van der Waals surface area contributed by atoms with E-state index in [0.717, 1.165) is 12.8 Å². The average molecular weight is 262 g/mol. The fraction of sp³-hybridized carbons (Fsp3) is 0.429. The minimum Gasteiger partial charge on any atom is -0.353 e. The van der Waals surface area contributed by atoms with Crippen LogP contribution >= 0.6 is 0 Å². The van der Waals surface area contributed by atoms with Gasteiger partial charge in [-0.3, -0.25) is 9.59 Å². The Hall–Kier alpha value is -1.91. The molecule has 0 heterocycles. The van der Waals surface area contributed by atoms with Gasteiger partial charge in [0.05, 0.1) is 11.8 Å². The molecule has 1 aromatic rings. The zero-order chi connectivity index (χ0) is 13.4. The van der Waals surface area contributed by atoms with E-state index in [-0.39, 0.29) is 29.5 Å². The van der Waals surface area contributed by atoms with Crippen molar-refractivity contribution in [3.8, 4) is 0 Å². The van der Waals surface area contributed by atoms with Crippen LogP contribution in [0.25, 0.3) is 0 Å². The second-order valence-electron chi connectivity index (χ2n) is 5.23. The number of benzene rings is 1. The molecule has 2 aliphatic carbocycles. The second-order valence-corrected chi connectivity index (χ2v) is 5.23. The van der Waals surface area contributed by atoms with Crippen molar-refractivity contribution in [2.45, 2.75) is 25.3 Å². The first kappa shape index (κ1) is 12.1. The summed E-state index contributed by atoms with van der Waals surface area (Å²) in [5.74, 6) is -0.958. The quantitative estimate of drug-likeness (QED) is 0.867. The Bertz CT molecular complexity index is 511. The first-order valence-electron chi connectivity index (χ1n) is 6.50. The molecule has 0 bridgehead atoms. The summed E-state index contributed by atoms with van der Waals surface area (Å²) in [5, 5.41) is 5.60. The predicted octanol–water partition coefficient (Wildman–Crippen LogP) is 1.68. The van der Waals surface area contributed by atoms with Crippen molar-refractivity contribution in [2.24, 2.45) is 11.8 Å². The lowest BCUT2D eigenvalue weighted by Gasteiger charge is -2.05. The standard InChI is InChI=1S/C14H15FN2O2/c15-8-1-3-9(4-2-8)16-13(18)11-7-12(11)14(19)17-10-5-6-10/h1-4,10-12H,5-7H2,(H,16,18)(H,17,19). The Morgan fingerprint density at radius 3 is 2.32 bits per heavy atom. The number of anilines is 1. The molecule has 19 heavy (non-hydrogen) atoms. The molecule has 0 aliphatic heterocycles. The van der Waals surface area contributed by atoms with Gasteiger partial charge in [-0.15, -0.1) is 0 Å². The van der Waals surface area contributed by atoms with E-state index in [0.29, 0.717) is 18.2 Å². The highest BCUT2D eigenvalue weighted by molar-refractivity contribution is 5.99. The minimum absolute atomic E-state index is 0.0123. The normalized spacial score (nSPS) is 24.7. The van der Waals surface area contributed by atoms with Gasteiger partial charge in [-0.1, -0.05) is 0 Å². The molecular formula is C14H15FN2O2. The number of halogens is 1.